The molecule has 0 saturated heterocycles. The van der Waals surface area contributed by atoms with Crippen molar-refractivity contribution >= 4 is 26.1 Å². The molecule has 1 aliphatic heterocycles. The van der Waals surface area contributed by atoms with Crippen molar-refractivity contribution in [1.29, 1.82) is 0 Å². The third-order valence-corrected chi connectivity index (χ3v) is 2.91. The second kappa shape index (κ2) is 2.77. The average Bonchev–Trinajstić information content (AvgIpc) is 1.90. The maximum atomic E-state index is 10.1. The topological polar surface area (TPSA) is 17.1 Å². The summed E-state index contributed by atoms with van der Waals surface area (Å²) in [6.45, 7) is 0. The molecule has 0 aromatic rings. The summed E-state index contributed by atoms with van der Waals surface area (Å²) in [5.74, 6) is 0. The van der Waals surface area contributed by atoms with Crippen molar-refractivity contribution in [2.45, 2.75) is 0 Å². The number of aldehydes is 1. The van der Waals surface area contributed by atoms with E-state index >= 15 is 0 Å². The Bertz CT molecular complexity index is 177. The molecule has 1 aliphatic rings. The Morgan fingerprint density at radius 2 is 2.38 bits per heavy atom. The Morgan fingerprint density at radius 3 is 2.75 bits per heavy atom. The summed E-state index contributed by atoms with van der Waals surface area (Å²) < 4.78 is 0.979. The number of rotatable bonds is 1. The van der Waals surface area contributed by atoms with E-state index in [1.165, 1.54) is 0 Å². The third kappa shape index (κ3) is 1.27. The van der Waals surface area contributed by atoms with E-state index in [1.807, 2.05) is 18.2 Å². The van der Waals surface area contributed by atoms with Crippen LogP contribution in [0.5, 0.6) is 0 Å². The molecule has 39 valence electrons. The van der Waals surface area contributed by atoms with Crippen molar-refractivity contribution in [3.05, 3.63) is 22.6 Å². The fourth-order valence-corrected chi connectivity index (χ4v) is 1.87. The molecule has 0 aromatic heterocycles. The molecule has 2 heteroatoms. The number of allylic oxidation sites excluding steroid dienone is 4. The van der Waals surface area contributed by atoms with E-state index in [0.717, 1.165) is 10.7 Å². The Morgan fingerprint density at radius 1 is 1.50 bits per heavy atom. The summed E-state index contributed by atoms with van der Waals surface area (Å²) in [4.78, 5) is 12.2. The van der Waals surface area contributed by atoms with Gasteiger partial charge in [0.05, 0.1) is 0 Å². The van der Waals surface area contributed by atoms with E-state index in [9.17, 15) is 4.79 Å². The second-order valence-corrected chi connectivity index (χ2v) is 3.95. The molecule has 8 heavy (non-hydrogen) atoms. The standard InChI is InChI=1S/C6H5GeO/c8-5-6-3-1-2-4-7-6/h1-5H. The van der Waals surface area contributed by atoms with Crippen molar-refractivity contribution in [2.75, 3.05) is 0 Å². The molecule has 0 aromatic carbocycles. The van der Waals surface area contributed by atoms with Crippen LogP contribution in [0.4, 0.5) is 0 Å². The molecule has 1 rings (SSSR count). The monoisotopic (exact) mass is 167 g/mol. The van der Waals surface area contributed by atoms with Crippen LogP contribution in [-0.4, -0.2) is 26.1 Å². The number of hydrogen-bond acceptors (Lipinski definition) is 1. The zero-order valence-corrected chi connectivity index (χ0v) is 6.39. The van der Waals surface area contributed by atoms with E-state index in [1.54, 1.807) is 0 Å². The minimum absolute atomic E-state index is 0.188. The van der Waals surface area contributed by atoms with E-state index in [-0.39, 0.29) is 15.0 Å². The molecule has 0 fully saturated rings. The van der Waals surface area contributed by atoms with Crippen molar-refractivity contribution in [3.8, 4) is 0 Å². The van der Waals surface area contributed by atoms with Gasteiger partial charge in [0.1, 0.15) is 0 Å². The maximum absolute atomic E-state index is 10.1. The van der Waals surface area contributed by atoms with Crippen LogP contribution in [-0.2, 0) is 4.79 Å². The first-order valence-electron chi connectivity index (χ1n) is 2.35. The van der Waals surface area contributed by atoms with Gasteiger partial charge in [-0.1, -0.05) is 0 Å². The van der Waals surface area contributed by atoms with Crippen LogP contribution in [0, 0.1) is 0 Å². The Kier molecular flexibility index (Phi) is 1.97. The molecule has 1 heterocycles. The average molecular weight is 166 g/mol. The van der Waals surface area contributed by atoms with Crippen LogP contribution >= 0.6 is 0 Å². The summed E-state index contributed by atoms with van der Waals surface area (Å²) in [5, 5.41) is 0. The zero-order chi connectivity index (χ0) is 5.82. The van der Waals surface area contributed by atoms with Crippen LogP contribution in [0.3, 0.4) is 0 Å². The van der Waals surface area contributed by atoms with Crippen LogP contribution in [0.2, 0.25) is 0 Å². The molecule has 0 spiro atoms. The molecular formula is C6H5GeO. The fraction of sp³-hybridized carbons (Fsp3) is 0. The van der Waals surface area contributed by atoms with Gasteiger partial charge < -0.3 is 0 Å². The number of carbonyl (C=O) groups excluding carboxylic acids is 1. The molecule has 0 N–H and O–H groups in total. The number of hydrogen-bond donors (Lipinski definition) is 0. The third-order valence-electron chi connectivity index (χ3n) is 0.860. The van der Waals surface area contributed by atoms with E-state index < -0.39 is 0 Å². The Hall–Kier alpha value is -0.437. The summed E-state index contributed by atoms with van der Waals surface area (Å²) in [6, 6.07) is 0. The van der Waals surface area contributed by atoms with E-state index in [2.05, 4.69) is 4.85 Å². The first-order chi connectivity index (χ1) is 3.93. The molecule has 0 amide bonds. The normalized spacial score (nSPS) is 15.8. The Balaban J connectivity index is 2.82. The summed E-state index contributed by atoms with van der Waals surface area (Å²) in [6.07, 6.45) is 6.72. The van der Waals surface area contributed by atoms with Crippen LogP contribution < -0.4 is 0 Å². The molecule has 0 unspecified atom stereocenters. The van der Waals surface area contributed by atoms with Gasteiger partial charge in [0.2, 0.25) is 0 Å². The van der Waals surface area contributed by atoms with Gasteiger partial charge >= 0.3 is 53.6 Å². The molecule has 0 aliphatic carbocycles. The van der Waals surface area contributed by atoms with E-state index in [0.29, 0.717) is 0 Å². The van der Waals surface area contributed by atoms with Gasteiger partial charge in [-0.15, -0.1) is 0 Å². The summed E-state index contributed by atoms with van der Waals surface area (Å²) in [5.41, 5.74) is 0. The van der Waals surface area contributed by atoms with Gasteiger partial charge in [-0.3, -0.25) is 0 Å². The molecule has 1 radical (unpaired) electrons. The Labute approximate surface area is 54.1 Å². The second-order valence-electron chi connectivity index (χ2n) is 1.44. The summed E-state index contributed by atoms with van der Waals surface area (Å²) >= 11 is -0.188. The van der Waals surface area contributed by atoms with Gasteiger partial charge in [-0.25, -0.2) is 0 Å². The molecule has 1 nitrogen and oxygen atoms in total. The predicted molar refractivity (Wildman–Crippen MR) is 35.1 cm³/mol. The van der Waals surface area contributed by atoms with Gasteiger partial charge in [-0.05, 0) is 0 Å². The SMILES string of the molecule is O=C[C]1=CC=C[CH]=[Ge]1. The van der Waals surface area contributed by atoms with E-state index in [4.69, 9.17) is 0 Å². The predicted octanol–water partition coefficient (Wildman–Crippen LogP) is 0.145. The quantitative estimate of drug-likeness (QED) is 0.399. The zero-order valence-electron chi connectivity index (χ0n) is 4.29. The molecule has 0 atom stereocenters. The van der Waals surface area contributed by atoms with Crippen molar-refractivity contribution in [3.63, 3.8) is 0 Å². The minimum atomic E-state index is -0.188. The first-order valence-corrected chi connectivity index (χ1v) is 4.61. The van der Waals surface area contributed by atoms with Gasteiger partial charge in [0, 0.05) is 0 Å². The fourth-order valence-electron chi connectivity index (χ4n) is 0.481. The van der Waals surface area contributed by atoms with Crippen molar-refractivity contribution < 1.29 is 4.79 Å². The molecule has 0 bridgehead atoms. The van der Waals surface area contributed by atoms with Gasteiger partial charge in [0.15, 0.2) is 0 Å². The van der Waals surface area contributed by atoms with Crippen molar-refractivity contribution in [2.24, 2.45) is 0 Å². The van der Waals surface area contributed by atoms with Gasteiger partial charge in [-0.2, -0.15) is 0 Å². The van der Waals surface area contributed by atoms with Crippen LogP contribution in [0.15, 0.2) is 22.6 Å². The van der Waals surface area contributed by atoms with Crippen LogP contribution in [0.1, 0.15) is 0 Å². The van der Waals surface area contributed by atoms with Gasteiger partial charge in [0.25, 0.3) is 0 Å². The van der Waals surface area contributed by atoms with Crippen molar-refractivity contribution in [1.82, 2.24) is 0 Å². The molecule has 0 saturated carbocycles. The number of carbonyl (C=O) groups is 1. The van der Waals surface area contributed by atoms with Crippen LogP contribution in [0.25, 0.3) is 0 Å². The molecular weight excluding hydrogens is 161 g/mol. The first kappa shape index (κ1) is 5.70. The summed E-state index contributed by atoms with van der Waals surface area (Å²) in [7, 11) is 0.